The third kappa shape index (κ3) is 34.4. The molecule has 0 aliphatic rings. The minimum absolute atomic E-state index is 0.833. The van der Waals surface area contributed by atoms with E-state index < -0.39 is 17.9 Å². The zero-order valence-electron chi connectivity index (χ0n) is 20.3. The zero-order chi connectivity index (χ0) is 27.3. The summed E-state index contributed by atoms with van der Waals surface area (Å²) in [4.78, 5) is 27.8. The first-order valence-electron chi connectivity index (χ1n) is 10.6. The average Bonchev–Trinajstić information content (AvgIpc) is 2.89. The third-order valence-corrected chi connectivity index (χ3v) is 3.39. The van der Waals surface area contributed by atoms with E-state index in [-0.39, 0.29) is 0 Å². The first-order valence-corrected chi connectivity index (χ1v) is 10.6. The molecule has 0 heterocycles. The Morgan fingerprint density at radius 3 is 1.29 bits per heavy atom. The fraction of sp³-hybridized carbons (Fsp3) is 0.138. The molecular weight excluding hydrogens is 444 g/mol. The van der Waals surface area contributed by atoms with Crippen LogP contribution in [0.2, 0.25) is 0 Å². The van der Waals surface area contributed by atoms with Gasteiger partial charge in [0, 0.05) is 18.2 Å². The van der Waals surface area contributed by atoms with E-state index in [2.05, 4.69) is 69.7 Å². The molecule has 0 spiro atoms. The second kappa shape index (κ2) is 27.6. The molecule has 0 radical (unpaired) electrons. The maximum absolute atomic E-state index is 9.25. The lowest BCUT2D eigenvalue weighted by molar-refractivity contribution is -0.132. The number of unbranched alkanes of at least 4 members (excludes halogenated alkanes) is 2. The first kappa shape index (κ1) is 35.1. The Kier molecular flexibility index (Phi) is 27.7. The van der Waals surface area contributed by atoms with Crippen LogP contribution in [0.3, 0.4) is 0 Å². The van der Waals surface area contributed by atoms with Gasteiger partial charge in [0.2, 0.25) is 0 Å². The lowest BCUT2D eigenvalue weighted by Crippen LogP contribution is -1.82. The molecule has 3 N–H and O–H groups in total. The highest BCUT2D eigenvalue weighted by Crippen LogP contribution is 2.03. The Morgan fingerprint density at radius 2 is 1.03 bits per heavy atom. The molecule has 0 bridgehead atoms. The topological polar surface area (TPSA) is 112 Å². The minimum atomic E-state index is -0.981. The highest BCUT2D eigenvalue weighted by atomic mass is 16.4. The largest absolute Gasteiger partial charge is 0.478 e. The fourth-order valence-corrected chi connectivity index (χ4v) is 1.69. The SMILES string of the molecule is C=CC(=O)O.C=CC(=O)O.C=CC(=O)O.C=Cc1ccccc1.CCCCC=Cc1ccccc1. The van der Waals surface area contributed by atoms with Crippen LogP contribution in [0.5, 0.6) is 0 Å². The summed E-state index contributed by atoms with van der Waals surface area (Å²) < 4.78 is 0. The van der Waals surface area contributed by atoms with Gasteiger partial charge in [-0.2, -0.15) is 0 Å². The molecule has 0 atom stereocenters. The fourth-order valence-electron chi connectivity index (χ4n) is 1.69. The quantitative estimate of drug-likeness (QED) is 0.277. The van der Waals surface area contributed by atoms with Crippen molar-refractivity contribution in [3.63, 3.8) is 0 Å². The Morgan fingerprint density at radius 1 is 0.686 bits per heavy atom. The zero-order valence-corrected chi connectivity index (χ0v) is 20.3. The van der Waals surface area contributed by atoms with Crippen molar-refractivity contribution in [3.8, 4) is 0 Å². The summed E-state index contributed by atoms with van der Waals surface area (Å²) in [7, 11) is 0. The van der Waals surface area contributed by atoms with Crippen LogP contribution in [-0.2, 0) is 14.4 Å². The molecule has 0 amide bonds. The van der Waals surface area contributed by atoms with Gasteiger partial charge in [-0.3, -0.25) is 0 Å². The van der Waals surface area contributed by atoms with Gasteiger partial charge < -0.3 is 15.3 Å². The Labute approximate surface area is 208 Å². The Hall–Kier alpha value is -4.45. The average molecular weight is 481 g/mol. The van der Waals surface area contributed by atoms with Crippen molar-refractivity contribution in [2.75, 3.05) is 0 Å². The van der Waals surface area contributed by atoms with Gasteiger partial charge in [-0.05, 0) is 17.5 Å². The Bertz CT molecular complexity index is 841. The second-order valence-corrected chi connectivity index (χ2v) is 6.20. The molecule has 0 saturated carbocycles. The van der Waals surface area contributed by atoms with E-state index in [0.717, 1.165) is 18.2 Å². The van der Waals surface area contributed by atoms with Gasteiger partial charge >= 0.3 is 17.9 Å². The van der Waals surface area contributed by atoms with Gasteiger partial charge in [-0.1, -0.05) is 125 Å². The maximum atomic E-state index is 9.25. The van der Waals surface area contributed by atoms with Crippen LogP contribution in [0.4, 0.5) is 0 Å². The summed E-state index contributed by atoms with van der Waals surface area (Å²) in [5, 5.41) is 22.8. The highest BCUT2D eigenvalue weighted by molar-refractivity contribution is 5.79. The monoisotopic (exact) mass is 480 g/mol. The van der Waals surface area contributed by atoms with Crippen LogP contribution in [0, 0.1) is 0 Å². The number of hydrogen-bond donors (Lipinski definition) is 3. The van der Waals surface area contributed by atoms with E-state index in [0.29, 0.717) is 0 Å². The summed E-state index contributed by atoms with van der Waals surface area (Å²) >= 11 is 0. The second-order valence-electron chi connectivity index (χ2n) is 6.20. The number of carbonyl (C=O) groups is 3. The normalized spacial score (nSPS) is 8.37. The van der Waals surface area contributed by atoms with Crippen molar-refractivity contribution in [3.05, 3.63) is 122 Å². The van der Waals surface area contributed by atoms with Crippen LogP contribution in [-0.4, -0.2) is 33.2 Å². The van der Waals surface area contributed by atoms with Gasteiger partial charge in [0.15, 0.2) is 0 Å². The summed E-state index contributed by atoms with van der Waals surface area (Å²) in [5.74, 6) is -2.94. The van der Waals surface area contributed by atoms with Crippen LogP contribution in [0.25, 0.3) is 12.2 Å². The van der Waals surface area contributed by atoms with E-state index in [9.17, 15) is 14.4 Å². The van der Waals surface area contributed by atoms with E-state index >= 15 is 0 Å². The third-order valence-electron chi connectivity index (χ3n) is 3.39. The molecule has 0 fully saturated rings. The van der Waals surface area contributed by atoms with Crippen molar-refractivity contribution >= 4 is 30.1 Å². The van der Waals surface area contributed by atoms with E-state index in [1.165, 1.54) is 30.4 Å². The van der Waals surface area contributed by atoms with Gasteiger partial charge in [-0.15, -0.1) is 0 Å². The maximum Gasteiger partial charge on any atom is 0.327 e. The lowest BCUT2D eigenvalue weighted by Gasteiger charge is -1.91. The Balaban J connectivity index is -0.000000390. The van der Waals surface area contributed by atoms with Crippen molar-refractivity contribution < 1.29 is 29.7 Å². The smallest absolute Gasteiger partial charge is 0.327 e. The molecule has 2 aromatic carbocycles. The predicted octanol–water partition coefficient (Wildman–Crippen LogP) is 6.99. The van der Waals surface area contributed by atoms with Crippen LogP contribution >= 0.6 is 0 Å². The summed E-state index contributed by atoms with van der Waals surface area (Å²) in [6, 6.07) is 20.5. The van der Waals surface area contributed by atoms with Crippen LogP contribution < -0.4 is 0 Å². The summed E-state index contributed by atoms with van der Waals surface area (Å²) in [5.41, 5.74) is 2.47. The van der Waals surface area contributed by atoms with Crippen molar-refractivity contribution in [2.45, 2.75) is 26.2 Å². The predicted molar refractivity (Wildman–Crippen MR) is 145 cm³/mol. The van der Waals surface area contributed by atoms with E-state index in [1.54, 1.807) is 0 Å². The summed E-state index contributed by atoms with van der Waals surface area (Å²) in [6.45, 7) is 14.7. The number of carboxylic acids is 3. The first-order chi connectivity index (χ1) is 16.7. The summed E-state index contributed by atoms with van der Waals surface area (Å²) in [6.07, 6.45) is 12.5. The molecule has 6 heteroatoms. The number of carboxylic acid groups (broad SMARTS) is 3. The van der Waals surface area contributed by atoms with Crippen molar-refractivity contribution in [2.24, 2.45) is 0 Å². The molecule has 0 aromatic heterocycles. The van der Waals surface area contributed by atoms with Gasteiger partial charge in [0.05, 0.1) is 0 Å². The molecule has 6 nitrogen and oxygen atoms in total. The molecule has 2 aromatic rings. The standard InChI is InChI=1S/C12H16.C8H8.3C3H4O2/c1-2-3-4-6-9-12-10-7-5-8-11-12;1-2-8-6-4-3-5-7-8;3*1-2-3(4)5/h5-11H,2-4H2,1H3;2-7H,1H2;3*2H,1H2,(H,4,5). The van der Waals surface area contributed by atoms with Gasteiger partial charge in [-0.25, -0.2) is 14.4 Å². The minimum Gasteiger partial charge on any atom is -0.478 e. The van der Waals surface area contributed by atoms with E-state index in [1.807, 2.05) is 42.5 Å². The number of hydrogen-bond acceptors (Lipinski definition) is 3. The molecule has 0 aliphatic heterocycles. The highest BCUT2D eigenvalue weighted by Gasteiger charge is 1.82. The number of benzene rings is 2. The van der Waals surface area contributed by atoms with Gasteiger partial charge in [0.25, 0.3) is 0 Å². The molecule has 0 saturated heterocycles. The van der Waals surface area contributed by atoms with Crippen LogP contribution in [0.15, 0.2) is 111 Å². The molecule has 188 valence electrons. The number of rotatable bonds is 8. The molecular formula is C29H36O6. The van der Waals surface area contributed by atoms with Crippen molar-refractivity contribution in [1.29, 1.82) is 0 Å². The number of allylic oxidation sites excluding steroid dienone is 1. The van der Waals surface area contributed by atoms with Crippen molar-refractivity contribution in [1.82, 2.24) is 0 Å². The molecule has 0 aliphatic carbocycles. The molecule has 2 rings (SSSR count). The van der Waals surface area contributed by atoms with E-state index in [4.69, 9.17) is 15.3 Å². The number of aliphatic carboxylic acids is 3. The molecule has 35 heavy (non-hydrogen) atoms. The van der Waals surface area contributed by atoms with Gasteiger partial charge in [0.1, 0.15) is 0 Å². The van der Waals surface area contributed by atoms with Crippen LogP contribution in [0.1, 0.15) is 37.3 Å². The molecule has 0 unspecified atom stereocenters. The lowest BCUT2D eigenvalue weighted by atomic mass is 10.2.